The lowest BCUT2D eigenvalue weighted by molar-refractivity contribution is -0.158. The number of nitrogens with zero attached hydrogens (tertiary/aromatic N) is 1. The van der Waals surface area contributed by atoms with Crippen LogP contribution in [0.3, 0.4) is 0 Å². The van der Waals surface area contributed by atoms with E-state index in [4.69, 9.17) is 9.47 Å². The molecule has 5 amide bonds. The zero-order valence-corrected chi connectivity index (χ0v) is 28.1. The summed E-state index contributed by atoms with van der Waals surface area (Å²) in [6.07, 6.45) is -2.62. The van der Waals surface area contributed by atoms with E-state index < -0.39 is 90.0 Å². The van der Waals surface area contributed by atoms with Crippen LogP contribution in [0, 0.1) is 5.92 Å². The Bertz CT molecular complexity index is 1160. The van der Waals surface area contributed by atoms with Gasteiger partial charge >= 0.3 is 12.1 Å². The molecule has 2 aliphatic rings. The summed E-state index contributed by atoms with van der Waals surface area (Å²) in [5, 5.41) is 30.8. The van der Waals surface area contributed by atoms with Crippen molar-refractivity contribution in [1.82, 2.24) is 26.2 Å². The number of amides is 5. The van der Waals surface area contributed by atoms with E-state index in [9.17, 15) is 43.8 Å². The average molecular weight is 670 g/mol. The van der Waals surface area contributed by atoms with Crippen molar-refractivity contribution >= 4 is 41.5 Å². The molecule has 2 fully saturated rings. The topological polar surface area (TPSA) is 230 Å². The number of aliphatic hydroxyl groups is 2. The van der Waals surface area contributed by atoms with Crippen LogP contribution in [0.15, 0.2) is 0 Å². The first kappa shape index (κ1) is 39.4. The third-order valence-corrected chi connectivity index (χ3v) is 7.57. The predicted octanol–water partition coefficient (Wildman–Crippen LogP) is -0.569. The van der Waals surface area contributed by atoms with Gasteiger partial charge in [-0.1, -0.05) is 13.8 Å². The Hall–Kier alpha value is -3.79. The number of nitrogens with one attached hydrogen (secondary N) is 4. The predicted molar refractivity (Wildman–Crippen MR) is 166 cm³/mol. The minimum absolute atomic E-state index is 0.00538. The van der Waals surface area contributed by atoms with Gasteiger partial charge in [-0.05, 0) is 78.6 Å². The molecular formula is C31H51N5O11. The van der Waals surface area contributed by atoms with E-state index in [1.165, 1.54) is 11.8 Å². The molecule has 266 valence electrons. The quantitative estimate of drug-likeness (QED) is 0.135. The second-order valence-electron chi connectivity index (χ2n) is 13.5. The van der Waals surface area contributed by atoms with Crippen LogP contribution >= 0.6 is 0 Å². The molecule has 0 bridgehead atoms. The van der Waals surface area contributed by atoms with Gasteiger partial charge in [-0.15, -0.1) is 0 Å². The molecule has 2 rings (SSSR count). The number of Topliss-reactive ketones (excluding diaryl/α,β-unsaturated/α-hetero) is 1. The Morgan fingerprint density at radius 3 is 2.26 bits per heavy atom. The van der Waals surface area contributed by atoms with E-state index in [-0.39, 0.29) is 57.6 Å². The van der Waals surface area contributed by atoms with E-state index in [1.807, 2.05) is 13.8 Å². The normalized spacial score (nSPS) is 25.0. The van der Waals surface area contributed by atoms with Gasteiger partial charge in [0, 0.05) is 6.54 Å². The van der Waals surface area contributed by atoms with E-state index in [2.05, 4.69) is 21.3 Å². The summed E-state index contributed by atoms with van der Waals surface area (Å²) in [5.41, 5.74) is -0.774. The van der Waals surface area contributed by atoms with Crippen LogP contribution < -0.4 is 21.3 Å². The summed E-state index contributed by atoms with van der Waals surface area (Å²) in [4.78, 5) is 91.2. The summed E-state index contributed by atoms with van der Waals surface area (Å²) >= 11 is 0. The SMILES string of the molecule is CC(C)COC(=O)N[C@@H]1CCC(O)C(O)CCCC(C(=O)C(=O)NCC(=O)N[C@@H](C)C(=O)OC(C)(C)C)NC(=O)[C@@H]2CCCN2C1=O. The maximum atomic E-state index is 13.6. The molecule has 3 unspecified atom stereocenters. The number of aliphatic hydroxyl groups excluding tert-OH is 2. The van der Waals surface area contributed by atoms with Gasteiger partial charge in [0.05, 0.1) is 31.4 Å². The molecule has 0 saturated carbocycles. The second kappa shape index (κ2) is 17.9. The van der Waals surface area contributed by atoms with Gasteiger partial charge in [0.2, 0.25) is 23.5 Å². The molecule has 0 aromatic carbocycles. The zero-order valence-electron chi connectivity index (χ0n) is 28.1. The molecule has 6 atom stereocenters. The van der Waals surface area contributed by atoms with Crippen molar-refractivity contribution in [3.05, 3.63) is 0 Å². The van der Waals surface area contributed by atoms with E-state index in [0.717, 1.165) is 0 Å². The molecule has 0 aromatic heterocycles. The number of ether oxygens (including phenoxy) is 2. The van der Waals surface area contributed by atoms with Crippen molar-refractivity contribution in [3.63, 3.8) is 0 Å². The largest absolute Gasteiger partial charge is 0.458 e. The van der Waals surface area contributed by atoms with Crippen LogP contribution in [0.4, 0.5) is 4.79 Å². The molecular weight excluding hydrogens is 618 g/mol. The van der Waals surface area contributed by atoms with Crippen molar-refractivity contribution < 1.29 is 53.2 Å². The smallest absolute Gasteiger partial charge is 0.407 e. The number of hydrogen-bond acceptors (Lipinski definition) is 11. The molecule has 0 aromatic rings. The van der Waals surface area contributed by atoms with Crippen LogP contribution in [0.25, 0.3) is 0 Å². The van der Waals surface area contributed by atoms with Crippen molar-refractivity contribution in [1.29, 1.82) is 0 Å². The van der Waals surface area contributed by atoms with Crippen LogP contribution in [-0.4, -0.2) is 118 Å². The van der Waals surface area contributed by atoms with E-state index >= 15 is 0 Å². The molecule has 0 radical (unpaired) electrons. The molecule has 2 aliphatic heterocycles. The first-order valence-electron chi connectivity index (χ1n) is 16.1. The standard InChI is InChI=1S/C31H51N5O11/c1-17(2)16-46-30(45)35-20-12-13-23(38)22(37)11-7-9-19(34-26(41)21-10-8-14-36(21)28(20)43)25(40)27(42)32-15-24(39)33-18(3)29(44)47-31(4,5)6/h17-23,37-38H,7-16H2,1-6H3,(H,32,42)(H,33,39)(H,34,41)(H,35,45)/t18-,19?,20+,21-,22?,23?/m0/s1. The Morgan fingerprint density at radius 1 is 0.957 bits per heavy atom. The van der Waals surface area contributed by atoms with Gasteiger partial charge in [-0.3, -0.25) is 24.0 Å². The Labute approximate surface area is 275 Å². The minimum atomic E-state index is -1.36. The lowest BCUT2D eigenvalue weighted by atomic mass is 9.96. The molecule has 2 heterocycles. The molecule has 16 nitrogen and oxygen atoms in total. The van der Waals surface area contributed by atoms with Crippen molar-refractivity contribution in [2.45, 2.75) is 128 Å². The molecule has 0 aliphatic carbocycles. The van der Waals surface area contributed by atoms with Crippen LogP contribution in [-0.2, 0) is 38.2 Å². The fourth-order valence-electron chi connectivity index (χ4n) is 5.12. The Balaban J connectivity index is 2.15. The van der Waals surface area contributed by atoms with Crippen molar-refractivity contribution in [3.8, 4) is 0 Å². The monoisotopic (exact) mass is 669 g/mol. The van der Waals surface area contributed by atoms with Crippen LogP contribution in [0.5, 0.6) is 0 Å². The fourth-order valence-corrected chi connectivity index (χ4v) is 5.12. The van der Waals surface area contributed by atoms with E-state index in [1.54, 1.807) is 20.8 Å². The average Bonchev–Trinajstić information content (AvgIpc) is 3.48. The number of fused-ring (bicyclic) bond motifs is 1. The van der Waals surface area contributed by atoms with Gasteiger partial charge in [0.1, 0.15) is 23.7 Å². The summed E-state index contributed by atoms with van der Waals surface area (Å²) in [6.45, 7) is 9.77. The molecule has 16 heteroatoms. The Kier molecular flexibility index (Phi) is 15.0. The maximum absolute atomic E-state index is 13.6. The summed E-state index contributed by atoms with van der Waals surface area (Å²) in [7, 11) is 0. The maximum Gasteiger partial charge on any atom is 0.407 e. The van der Waals surface area contributed by atoms with Gasteiger partial charge in [0.15, 0.2) is 0 Å². The van der Waals surface area contributed by atoms with Crippen LogP contribution in [0.1, 0.15) is 86.5 Å². The lowest BCUT2D eigenvalue weighted by Crippen LogP contribution is -2.57. The summed E-state index contributed by atoms with van der Waals surface area (Å²) in [5.74, 6) is -4.88. The minimum Gasteiger partial charge on any atom is -0.458 e. The highest BCUT2D eigenvalue weighted by atomic mass is 16.6. The molecule has 2 saturated heterocycles. The van der Waals surface area contributed by atoms with Crippen LogP contribution in [0.2, 0.25) is 0 Å². The number of ketones is 1. The molecule has 47 heavy (non-hydrogen) atoms. The second-order valence-corrected chi connectivity index (χ2v) is 13.5. The number of carbonyl (C=O) groups excluding carboxylic acids is 7. The van der Waals surface area contributed by atoms with Gasteiger partial charge in [0.25, 0.3) is 5.91 Å². The summed E-state index contributed by atoms with van der Waals surface area (Å²) in [6, 6.07) is -4.53. The third-order valence-electron chi connectivity index (χ3n) is 7.57. The highest BCUT2D eigenvalue weighted by Gasteiger charge is 2.40. The van der Waals surface area contributed by atoms with Gasteiger partial charge in [-0.2, -0.15) is 0 Å². The fraction of sp³-hybridized carbons (Fsp3) is 0.774. The number of hydrogen-bond donors (Lipinski definition) is 6. The van der Waals surface area contributed by atoms with Crippen molar-refractivity contribution in [2.75, 3.05) is 19.7 Å². The number of rotatable bonds is 9. The first-order chi connectivity index (χ1) is 21.9. The summed E-state index contributed by atoms with van der Waals surface area (Å²) < 4.78 is 10.4. The highest BCUT2D eigenvalue weighted by molar-refractivity contribution is 6.38. The van der Waals surface area contributed by atoms with Gasteiger partial charge < -0.3 is 45.9 Å². The zero-order chi connectivity index (χ0) is 35.5. The first-order valence-corrected chi connectivity index (χ1v) is 16.1. The third kappa shape index (κ3) is 13.1. The lowest BCUT2D eigenvalue weighted by Gasteiger charge is -2.31. The number of carbonyl (C=O) groups is 7. The highest BCUT2D eigenvalue weighted by Crippen LogP contribution is 2.22. The van der Waals surface area contributed by atoms with Gasteiger partial charge in [-0.25, -0.2) is 9.59 Å². The van der Waals surface area contributed by atoms with Crippen molar-refractivity contribution in [2.24, 2.45) is 5.92 Å². The number of alkyl carbamates (subject to hydrolysis) is 1. The molecule has 6 N–H and O–H groups in total. The van der Waals surface area contributed by atoms with E-state index in [0.29, 0.717) is 6.42 Å². The molecule has 0 spiro atoms. The number of esters is 1. The Morgan fingerprint density at radius 2 is 1.62 bits per heavy atom.